The lowest BCUT2D eigenvalue weighted by atomic mass is 9.82. The van der Waals surface area contributed by atoms with Crippen LogP contribution in [0.3, 0.4) is 0 Å². The molecule has 0 bridgehead atoms. The monoisotopic (exact) mass is 308 g/mol. The lowest BCUT2D eigenvalue weighted by molar-refractivity contribution is -0.135. The number of carbonyl (C=O) groups is 4. The van der Waals surface area contributed by atoms with Crippen LogP contribution in [0.5, 0.6) is 0 Å². The van der Waals surface area contributed by atoms with Gasteiger partial charge in [-0.15, -0.1) is 6.58 Å². The van der Waals surface area contributed by atoms with Crippen LogP contribution in [0.25, 0.3) is 0 Å². The number of amides is 6. The number of nitrogens with zero attached hydrogens (tertiary/aromatic N) is 1. The largest absolute Gasteiger partial charge is 0.334 e. The molecule has 2 fully saturated rings. The summed E-state index contributed by atoms with van der Waals surface area (Å²) >= 11 is 0. The first-order chi connectivity index (χ1) is 10.5. The molecule has 0 unspecified atom stereocenters. The SMILES string of the molecule is C=CCNC(=O)NC(=O)CN1C(=O)NC2(CCCCC2)C1=O. The Labute approximate surface area is 128 Å². The molecule has 2 aliphatic rings. The van der Waals surface area contributed by atoms with Crippen LogP contribution in [0.4, 0.5) is 9.59 Å². The summed E-state index contributed by atoms with van der Waals surface area (Å²) in [6, 6.07) is -1.27. The fourth-order valence-corrected chi connectivity index (χ4v) is 2.83. The highest BCUT2D eigenvalue weighted by Gasteiger charge is 2.51. The van der Waals surface area contributed by atoms with Gasteiger partial charge in [0.25, 0.3) is 5.91 Å². The van der Waals surface area contributed by atoms with E-state index in [9.17, 15) is 19.2 Å². The van der Waals surface area contributed by atoms with Gasteiger partial charge in [0.1, 0.15) is 12.1 Å². The first kappa shape index (κ1) is 16.0. The van der Waals surface area contributed by atoms with Crippen molar-refractivity contribution in [2.75, 3.05) is 13.1 Å². The molecular weight excluding hydrogens is 288 g/mol. The number of rotatable bonds is 4. The van der Waals surface area contributed by atoms with Gasteiger partial charge in [0.05, 0.1) is 0 Å². The lowest BCUT2D eigenvalue weighted by Gasteiger charge is -2.30. The minimum atomic E-state index is -0.860. The van der Waals surface area contributed by atoms with E-state index in [1.54, 1.807) is 0 Å². The van der Waals surface area contributed by atoms with E-state index in [2.05, 4.69) is 22.5 Å². The Kier molecular flexibility index (Phi) is 4.79. The molecule has 3 N–H and O–H groups in total. The third kappa shape index (κ3) is 3.26. The van der Waals surface area contributed by atoms with Gasteiger partial charge in [0, 0.05) is 6.54 Å². The molecule has 0 aromatic carbocycles. The van der Waals surface area contributed by atoms with Gasteiger partial charge in [-0.05, 0) is 12.8 Å². The van der Waals surface area contributed by atoms with E-state index in [0.717, 1.165) is 24.2 Å². The van der Waals surface area contributed by atoms with E-state index in [0.29, 0.717) is 12.8 Å². The summed E-state index contributed by atoms with van der Waals surface area (Å²) in [5.74, 6) is -1.09. The molecule has 8 heteroatoms. The van der Waals surface area contributed by atoms with Gasteiger partial charge in [-0.2, -0.15) is 0 Å². The van der Waals surface area contributed by atoms with Crippen molar-refractivity contribution in [1.29, 1.82) is 0 Å². The Hall–Kier alpha value is -2.38. The molecule has 120 valence electrons. The highest BCUT2D eigenvalue weighted by Crippen LogP contribution is 2.33. The Morgan fingerprint density at radius 3 is 2.59 bits per heavy atom. The minimum Gasteiger partial charge on any atom is -0.334 e. The van der Waals surface area contributed by atoms with E-state index in [1.807, 2.05) is 0 Å². The molecule has 22 heavy (non-hydrogen) atoms. The Bertz CT molecular complexity index is 511. The molecule has 1 aliphatic carbocycles. The first-order valence-corrected chi connectivity index (χ1v) is 7.31. The summed E-state index contributed by atoms with van der Waals surface area (Å²) < 4.78 is 0. The Balaban J connectivity index is 1.93. The topological polar surface area (TPSA) is 108 Å². The maximum atomic E-state index is 12.4. The molecule has 1 saturated carbocycles. The van der Waals surface area contributed by atoms with Crippen molar-refractivity contribution in [2.45, 2.75) is 37.6 Å². The van der Waals surface area contributed by atoms with Crippen LogP contribution in [-0.4, -0.2) is 47.4 Å². The zero-order valence-electron chi connectivity index (χ0n) is 12.3. The molecule has 0 aromatic heterocycles. The van der Waals surface area contributed by atoms with E-state index < -0.39 is 30.1 Å². The predicted octanol–water partition coefficient (Wildman–Crippen LogP) is 0.253. The number of carbonyl (C=O) groups excluding carboxylic acids is 4. The minimum absolute atomic E-state index is 0.214. The highest BCUT2D eigenvalue weighted by atomic mass is 16.2. The van der Waals surface area contributed by atoms with E-state index in [4.69, 9.17) is 0 Å². The molecule has 0 radical (unpaired) electrons. The fraction of sp³-hybridized carbons (Fsp3) is 0.571. The second kappa shape index (κ2) is 6.59. The highest BCUT2D eigenvalue weighted by molar-refractivity contribution is 6.10. The number of nitrogens with one attached hydrogen (secondary N) is 3. The quantitative estimate of drug-likeness (QED) is 0.511. The van der Waals surface area contributed by atoms with E-state index in [1.165, 1.54) is 6.08 Å². The third-order valence-electron chi connectivity index (χ3n) is 3.91. The molecule has 2 rings (SSSR count). The van der Waals surface area contributed by atoms with Crippen LogP contribution in [0, 0.1) is 0 Å². The Morgan fingerprint density at radius 1 is 1.27 bits per heavy atom. The van der Waals surface area contributed by atoms with Crippen molar-refractivity contribution in [2.24, 2.45) is 0 Å². The summed E-state index contributed by atoms with van der Waals surface area (Å²) in [4.78, 5) is 48.4. The maximum absolute atomic E-state index is 12.4. The molecular formula is C14H20N4O4. The maximum Gasteiger partial charge on any atom is 0.325 e. The van der Waals surface area contributed by atoms with Gasteiger partial charge < -0.3 is 10.6 Å². The smallest absolute Gasteiger partial charge is 0.325 e. The van der Waals surface area contributed by atoms with Gasteiger partial charge in [0.15, 0.2) is 0 Å². The number of imide groups is 2. The molecule has 0 atom stereocenters. The summed E-state index contributed by atoms with van der Waals surface area (Å²) in [5.41, 5.74) is -0.860. The first-order valence-electron chi connectivity index (χ1n) is 7.31. The van der Waals surface area contributed by atoms with Crippen LogP contribution in [0.15, 0.2) is 12.7 Å². The molecule has 1 heterocycles. The Morgan fingerprint density at radius 2 is 1.95 bits per heavy atom. The number of hydrogen-bond acceptors (Lipinski definition) is 4. The second-order valence-corrected chi connectivity index (χ2v) is 5.51. The van der Waals surface area contributed by atoms with Gasteiger partial charge in [0.2, 0.25) is 5.91 Å². The van der Waals surface area contributed by atoms with Crippen molar-refractivity contribution in [3.63, 3.8) is 0 Å². The van der Waals surface area contributed by atoms with Crippen molar-refractivity contribution >= 4 is 23.9 Å². The van der Waals surface area contributed by atoms with Gasteiger partial charge >= 0.3 is 12.1 Å². The normalized spacial score (nSPS) is 19.7. The molecule has 8 nitrogen and oxygen atoms in total. The van der Waals surface area contributed by atoms with Gasteiger partial charge in [-0.1, -0.05) is 25.3 Å². The summed E-state index contributed by atoms with van der Waals surface area (Å²) in [6.07, 6.45) is 5.43. The van der Waals surface area contributed by atoms with Gasteiger partial charge in [-0.3, -0.25) is 19.8 Å². The van der Waals surface area contributed by atoms with E-state index >= 15 is 0 Å². The van der Waals surface area contributed by atoms with Crippen LogP contribution < -0.4 is 16.0 Å². The van der Waals surface area contributed by atoms with Crippen LogP contribution >= 0.6 is 0 Å². The van der Waals surface area contributed by atoms with Crippen LogP contribution in [0.1, 0.15) is 32.1 Å². The third-order valence-corrected chi connectivity index (χ3v) is 3.91. The lowest BCUT2D eigenvalue weighted by Crippen LogP contribution is -2.49. The molecule has 1 saturated heterocycles. The van der Waals surface area contributed by atoms with Crippen molar-refractivity contribution < 1.29 is 19.2 Å². The predicted molar refractivity (Wildman–Crippen MR) is 77.8 cm³/mol. The van der Waals surface area contributed by atoms with Crippen molar-refractivity contribution in [3.05, 3.63) is 12.7 Å². The number of urea groups is 2. The average molecular weight is 308 g/mol. The summed E-state index contributed by atoms with van der Waals surface area (Å²) in [7, 11) is 0. The standard InChI is InChI=1S/C14H20N4O4/c1-2-8-15-12(21)16-10(19)9-18-11(20)14(17-13(18)22)6-4-3-5-7-14/h2H,1,3-9H2,(H,17,22)(H2,15,16,19,21). The molecule has 1 aliphatic heterocycles. The average Bonchev–Trinajstić information content (AvgIpc) is 2.70. The zero-order chi connectivity index (χ0) is 16.2. The molecule has 1 spiro atoms. The van der Waals surface area contributed by atoms with Crippen LogP contribution in [0.2, 0.25) is 0 Å². The zero-order valence-corrected chi connectivity index (χ0v) is 12.3. The fourth-order valence-electron chi connectivity index (χ4n) is 2.83. The van der Waals surface area contributed by atoms with E-state index in [-0.39, 0.29) is 12.5 Å². The summed E-state index contributed by atoms with van der Waals surface area (Å²) in [5, 5.41) is 7.14. The van der Waals surface area contributed by atoms with Crippen molar-refractivity contribution in [3.8, 4) is 0 Å². The van der Waals surface area contributed by atoms with Crippen molar-refractivity contribution in [1.82, 2.24) is 20.9 Å². The van der Waals surface area contributed by atoms with Crippen LogP contribution in [-0.2, 0) is 9.59 Å². The molecule has 0 aromatic rings. The summed E-state index contributed by atoms with van der Waals surface area (Å²) in [6.45, 7) is 3.18. The second-order valence-electron chi connectivity index (χ2n) is 5.51. The molecule has 6 amide bonds. The van der Waals surface area contributed by atoms with Gasteiger partial charge in [-0.25, -0.2) is 9.59 Å². The number of hydrogen-bond donors (Lipinski definition) is 3.